The van der Waals surface area contributed by atoms with Crippen molar-refractivity contribution in [2.75, 3.05) is 11.9 Å². The second-order valence-corrected chi connectivity index (χ2v) is 6.16. The van der Waals surface area contributed by atoms with Crippen LogP contribution in [0.2, 0.25) is 0 Å². The van der Waals surface area contributed by atoms with Crippen LogP contribution in [0.1, 0.15) is 12.0 Å². The highest BCUT2D eigenvalue weighted by Gasteiger charge is 2.38. The molecule has 0 bridgehead atoms. The number of amides is 4. The fourth-order valence-corrected chi connectivity index (χ4v) is 2.85. The van der Waals surface area contributed by atoms with Crippen LogP contribution in [-0.2, 0) is 16.0 Å². The Morgan fingerprint density at radius 3 is 2.41 bits per heavy atom. The molecular formula is C19H17F2N3O3. The Balaban J connectivity index is 1.57. The molecule has 1 aliphatic heterocycles. The summed E-state index contributed by atoms with van der Waals surface area (Å²) in [5.41, 5.74) is 0.939. The summed E-state index contributed by atoms with van der Waals surface area (Å²) in [6.45, 7) is -0.537. The van der Waals surface area contributed by atoms with Crippen molar-refractivity contribution in [1.82, 2.24) is 10.2 Å². The summed E-state index contributed by atoms with van der Waals surface area (Å²) in [6, 6.07) is 10.7. The number of aryl methyl sites for hydroxylation is 1. The van der Waals surface area contributed by atoms with Crippen molar-refractivity contribution in [3.63, 3.8) is 0 Å². The number of hydrogen-bond acceptors (Lipinski definition) is 3. The Kier molecular flexibility index (Phi) is 5.44. The van der Waals surface area contributed by atoms with E-state index >= 15 is 0 Å². The van der Waals surface area contributed by atoms with Gasteiger partial charge in [-0.2, -0.15) is 0 Å². The smallest absolute Gasteiger partial charge is 0.325 e. The average molecular weight is 373 g/mol. The van der Waals surface area contributed by atoms with Crippen LogP contribution in [0.15, 0.2) is 48.5 Å². The SMILES string of the molecule is O=C(CN1C(=O)N[C@H](CCc2ccccc2)C1=O)Nc1cc(F)cc(F)c1. The zero-order valence-electron chi connectivity index (χ0n) is 14.2. The van der Waals surface area contributed by atoms with Gasteiger partial charge in [-0.3, -0.25) is 14.5 Å². The van der Waals surface area contributed by atoms with Crippen LogP contribution in [0.25, 0.3) is 0 Å². The van der Waals surface area contributed by atoms with E-state index in [-0.39, 0.29) is 5.69 Å². The van der Waals surface area contributed by atoms with Gasteiger partial charge >= 0.3 is 6.03 Å². The van der Waals surface area contributed by atoms with Crippen LogP contribution in [0.4, 0.5) is 19.3 Å². The van der Waals surface area contributed by atoms with E-state index in [2.05, 4.69) is 10.6 Å². The van der Waals surface area contributed by atoms with Gasteiger partial charge in [-0.25, -0.2) is 13.6 Å². The summed E-state index contributed by atoms with van der Waals surface area (Å²) in [4.78, 5) is 37.2. The molecule has 0 aliphatic carbocycles. The van der Waals surface area contributed by atoms with Crippen LogP contribution in [-0.4, -0.2) is 35.3 Å². The van der Waals surface area contributed by atoms with Gasteiger partial charge in [0.1, 0.15) is 24.2 Å². The standard InChI is InChI=1S/C19H17F2N3O3/c20-13-8-14(21)10-15(9-13)22-17(25)11-24-18(26)16(23-19(24)27)7-6-12-4-2-1-3-5-12/h1-5,8-10,16H,6-7,11H2,(H,22,25)(H,23,27)/t16-/m1/s1. The largest absolute Gasteiger partial charge is 0.326 e. The minimum Gasteiger partial charge on any atom is -0.326 e. The molecule has 8 heteroatoms. The molecule has 0 aromatic heterocycles. The molecule has 140 valence electrons. The Labute approximate surface area is 154 Å². The lowest BCUT2D eigenvalue weighted by Gasteiger charge is -2.13. The second kappa shape index (κ2) is 7.94. The third-order valence-electron chi connectivity index (χ3n) is 4.12. The molecule has 1 fully saturated rings. The van der Waals surface area contributed by atoms with Crippen molar-refractivity contribution in [1.29, 1.82) is 0 Å². The van der Waals surface area contributed by atoms with Gasteiger partial charge in [0, 0.05) is 11.8 Å². The van der Waals surface area contributed by atoms with Gasteiger partial charge in [0.05, 0.1) is 0 Å². The van der Waals surface area contributed by atoms with Gasteiger partial charge in [-0.05, 0) is 30.5 Å². The first-order valence-corrected chi connectivity index (χ1v) is 8.34. The number of carbonyl (C=O) groups is 3. The van der Waals surface area contributed by atoms with Crippen LogP contribution < -0.4 is 10.6 Å². The number of hydrogen-bond donors (Lipinski definition) is 2. The highest BCUT2D eigenvalue weighted by Crippen LogP contribution is 2.15. The molecule has 0 spiro atoms. The maximum Gasteiger partial charge on any atom is 0.325 e. The van der Waals surface area contributed by atoms with E-state index in [1.807, 2.05) is 30.3 Å². The molecule has 2 aromatic rings. The summed E-state index contributed by atoms with van der Waals surface area (Å²) in [7, 11) is 0. The first-order chi connectivity index (χ1) is 12.9. The van der Waals surface area contributed by atoms with Gasteiger partial charge in [-0.15, -0.1) is 0 Å². The van der Waals surface area contributed by atoms with E-state index in [1.54, 1.807) is 0 Å². The van der Waals surface area contributed by atoms with Gasteiger partial charge in [0.25, 0.3) is 5.91 Å². The molecule has 0 saturated carbocycles. The van der Waals surface area contributed by atoms with Gasteiger partial charge in [0.2, 0.25) is 5.91 Å². The number of nitrogens with zero attached hydrogens (tertiary/aromatic N) is 1. The monoisotopic (exact) mass is 373 g/mol. The third kappa shape index (κ3) is 4.66. The molecule has 4 amide bonds. The Morgan fingerprint density at radius 1 is 1.07 bits per heavy atom. The molecule has 1 atom stereocenters. The minimum absolute atomic E-state index is 0.0924. The fourth-order valence-electron chi connectivity index (χ4n) is 2.85. The molecule has 1 aliphatic rings. The molecular weight excluding hydrogens is 356 g/mol. The van der Waals surface area contributed by atoms with Crippen LogP contribution >= 0.6 is 0 Å². The lowest BCUT2D eigenvalue weighted by atomic mass is 10.1. The number of benzene rings is 2. The highest BCUT2D eigenvalue weighted by atomic mass is 19.1. The van der Waals surface area contributed by atoms with Crippen molar-refractivity contribution in [3.05, 3.63) is 65.7 Å². The maximum absolute atomic E-state index is 13.2. The summed E-state index contributed by atoms with van der Waals surface area (Å²) in [5.74, 6) is -2.92. The van der Waals surface area contributed by atoms with Crippen molar-refractivity contribution in [3.8, 4) is 0 Å². The van der Waals surface area contributed by atoms with E-state index in [4.69, 9.17) is 0 Å². The summed E-state index contributed by atoms with van der Waals surface area (Å²) >= 11 is 0. The summed E-state index contributed by atoms with van der Waals surface area (Å²) < 4.78 is 26.3. The average Bonchev–Trinajstić information content (AvgIpc) is 2.87. The van der Waals surface area contributed by atoms with Crippen LogP contribution in [0.3, 0.4) is 0 Å². The van der Waals surface area contributed by atoms with E-state index < -0.39 is 42.1 Å². The predicted octanol–water partition coefficient (Wildman–Crippen LogP) is 2.46. The number of carbonyl (C=O) groups excluding carboxylic acids is 3. The lowest BCUT2D eigenvalue weighted by Crippen LogP contribution is -2.38. The number of halogens is 2. The highest BCUT2D eigenvalue weighted by molar-refractivity contribution is 6.07. The zero-order valence-corrected chi connectivity index (χ0v) is 14.2. The lowest BCUT2D eigenvalue weighted by molar-refractivity contribution is -0.130. The van der Waals surface area contributed by atoms with Crippen molar-refractivity contribution >= 4 is 23.5 Å². The molecule has 2 aromatic carbocycles. The topological polar surface area (TPSA) is 78.5 Å². The quantitative estimate of drug-likeness (QED) is 0.764. The molecule has 3 rings (SSSR count). The maximum atomic E-state index is 13.2. The molecule has 0 radical (unpaired) electrons. The summed E-state index contributed by atoms with van der Waals surface area (Å²) in [6.07, 6.45) is 1.00. The number of anilines is 1. The van der Waals surface area contributed by atoms with E-state index in [0.29, 0.717) is 18.9 Å². The van der Waals surface area contributed by atoms with E-state index in [0.717, 1.165) is 22.6 Å². The predicted molar refractivity (Wildman–Crippen MR) is 93.8 cm³/mol. The molecule has 27 heavy (non-hydrogen) atoms. The first-order valence-electron chi connectivity index (χ1n) is 8.34. The Bertz CT molecular complexity index is 854. The minimum atomic E-state index is -0.846. The summed E-state index contributed by atoms with van der Waals surface area (Å²) in [5, 5.41) is 4.82. The Morgan fingerprint density at radius 2 is 1.74 bits per heavy atom. The van der Waals surface area contributed by atoms with Crippen molar-refractivity contribution in [2.45, 2.75) is 18.9 Å². The van der Waals surface area contributed by atoms with Gasteiger partial charge < -0.3 is 10.6 Å². The molecule has 1 heterocycles. The van der Waals surface area contributed by atoms with Crippen LogP contribution in [0.5, 0.6) is 0 Å². The number of imide groups is 1. The molecule has 0 unspecified atom stereocenters. The molecule has 2 N–H and O–H groups in total. The number of nitrogens with one attached hydrogen (secondary N) is 2. The second-order valence-electron chi connectivity index (χ2n) is 6.16. The van der Waals surface area contributed by atoms with E-state index in [9.17, 15) is 23.2 Å². The van der Waals surface area contributed by atoms with Gasteiger partial charge in [0.15, 0.2) is 0 Å². The van der Waals surface area contributed by atoms with Crippen LogP contribution in [0, 0.1) is 11.6 Å². The number of rotatable bonds is 6. The van der Waals surface area contributed by atoms with Gasteiger partial charge in [-0.1, -0.05) is 30.3 Å². The normalized spacial score (nSPS) is 16.4. The molecule has 1 saturated heterocycles. The van der Waals surface area contributed by atoms with Crippen molar-refractivity contribution in [2.24, 2.45) is 0 Å². The fraction of sp³-hybridized carbons (Fsp3) is 0.211. The molecule has 6 nitrogen and oxygen atoms in total. The zero-order chi connectivity index (χ0) is 19.4. The Hall–Kier alpha value is -3.29. The first kappa shape index (κ1) is 18.5. The number of urea groups is 1. The van der Waals surface area contributed by atoms with Crippen molar-refractivity contribution < 1.29 is 23.2 Å². The van der Waals surface area contributed by atoms with E-state index in [1.165, 1.54) is 0 Å². The third-order valence-corrected chi connectivity index (χ3v) is 4.12.